The Hall–Kier alpha value is -2.44. The Morgan fingerprint density at radius 2 is 2.12 bits per heavy atom. The molecule has 1 amide bonds. The molecule has 5 nitrogen and oxygen atoms in total. The second-order valence-electron chi connectivity index (χ2n) is 5.22. The number of nitrogens with one attached hydrogen (secondary N) is 1. The summed E-state index contributed by atoms with van der Waals surface area (Å²) < 4.78 is 1.40. The Morgan fingerprint density at radius 3 is 2.88 bits per heavy atom. The van der Waals surface area contributed by atoms with Crippen LogP contribution in [0.2, 0.25) is 5.02 Å². The SMILES string of the molecule is Cn1ccc(C(=O)Nc2ncc(Cc3ccccc3Cl)s2)cc1=O. The van der Waals surface area contributed by atoms with Crippen molar-refractivity contribution in [1.82, 2.24) is 9.55 Å². The van der Waals surface area contributed by atoms with Gasteiger partial charge in [0.1, 0.15) is 0 Å². The molecule has 24 heavy (non-hydrogen) atoms. The maximum atomic E-state index is 12.2. The second kappa shape index (κ2) is 6.98. The number of rotatable bonds is 4. The van der Waals surface area contributed by atoms with Crippen LogP contribution in [0.4, 0.5) is 5.13 Å². The third-order valence-corrected chi connectivity index (χ3v) is 4.74. The lowest BCUT2D eigenvalue weighted by Gasteiger charge is -2.03. The number of carbonyl (C=O) groups excluding carboxylic acids is 1. The molecule has 0 bridgehead atoms. The number of hydrogen-bond donors (Lipinski definition) is 1. The van der Waals surface area contributed by atoms with Gasteiger partial charge in [0.25, 0.3) is 11.5 Å². The van der Waals surface area contributed by atoms with E-state index in [1.807, 2.05) is 24.3 Å². The molecule has 0 aliphatic rings. The summed E-state index contributed by atoms with van der Waals surface area (Å²) in [7, 11) is 1.63. The highest BCUT2D eigenvalue weighted by Gasteiger charge is 2.11. The molecule has 1 aromatic carbocycles. The van der Waals surface area contributed by atoms with Crippen molar-refractivity contribution in [2.24, 2.45) is 7.05 Å². The highest BCUT2D eigenvalue weighted by atomic mass is 35.5. The Balaban J connectivity index is 1.71. The standard InChI is InChI=1S/C17H14ClN3O2S/c1-21-7-6-12(9-15(21)22)16(23)20-17-19-10-13(24-17)8-11-4-2-3-5-14(11)18/h2-7,9-10H,8H2,1H3,(H,19,20,23). The fourth-order valence-corrected chi connectivity index (χ4v) is 3.17. The molecule has 0 spiro atoms. The third kappa shape index (κ3) is 3.72. The molecule has 0 aliphatic heterocycles. The molecule has 3 rings (SSSR count). The molecule has 0 saturated carbocycles. The number of halogens is 1. The minimum absolute atomic E-state index is 0.235. The van der Waals surface area contributed by atoms with E-state index >= 15 is 0 Å². The molecular weight excluding hydrogens is 346 g/mol. The van der Waals surface area contributed by atoms with Crippen molar-refractivity contribution in [2.45, 2.75) is 6.42 Å². The molecule has 7 heteroatoms. The molecule has 2 aromatic heterocycles. The Bertz CT molecular complexity index is 949. The van der Waals surface area contributed by atoms with Crippen molar-refractivity contribution in [1.29, 1.82) is 0 Å². The number of carbonyl (C=O) groups is 1. The van der Waals surface area contributed by atoms with Crippen LogP contribution in [0.5, 0.6) is 0 Å². The average molecular weight is 360 g/mol. The van der Waals surface area contributed by atoms with Crippen LogP contribution in [-0.2, 0) is 13.5 Å². The number of pyridine rings is 1. The van der Waals surface area contributed by atoms with E-state index in [2.05, 4.69) is 10.3 Å². The van der Waals surface area contributed by atoms with Gasteiger partial charge in [0.15, 0.2) is 5.13 Å². The zero-order valence-corrected chi connectivity index (χ0v) is 14.4. The number of benzene rings is 1. The summed E-state index contributed by atoms with van der Waals surface area (Å²) in [4.78, 5) is 29.0. The highest BCUT2D eigenvalue weighted by Crippen LogP contribution is 2.24. The monoisotopic (exact) mass is 359 g/mol. The summed E-state index contributed by atoms with van der Waals surface area (Å²) in [6.07, 6.45) is 3.93. The maximum Gasteiger partial charge on any atom is 0.257 e. The van der Waals surface area contributed by atoms with Crippen molar-refractivity contribution in [3.8, 4) is 0 Å². The minimum atomic E-state index is -0.355. The van der Waals surface area contributed by atoms with Gasteiger partial charge in [-0.25, -0.2) is 4.98 Å². The predicted octanol–water partition coefficient (Wildman–Crippen LogP) is 3.34. The normalized spacial score (nSPS) is 10.6. The number of aryl methyl sites for hydroxylation is 1. The number of anilines is 1. The zero-order chi connectivity index (χ0) is 17.1. The summed E-state index contributed by atoms with van der Waals surface area (Å²) in [5.74, 6) is -0.355. The van der Waals surface area contributed by atoms with E-state index in [1.54, 1.807) is 25.5 Å². The fourth-order valence-electron chi connectivity index (χ4n) is 2.14. The first kappa shape index (κ1) is 16.4. The van der Waals surface area contributed by atoms with Crippen LogP contribution in [-0.4, -0.2) is 15.5 Å². The van der Waals surface area contributed by atoms with E-state index in [-0.39, 0.29) is 11.5 Å². The van der Waals surface area contributed by atoms with Gasteiger partial charge in [-0.15, -0.1) is 11.3 Å². The molecule has 0 radical (unpaired) electrons. The first-order valence-electron chi connectivity index (χ1n) is 7.19. The Kier molecular flexibility index (Phi) is 4.78. The summed E-state index contributed by atoms with van der Waals surface area (Å²) in [6.45, 7) is 0. The van der Waals surface area contributed by atoms with Crippen molar-refractivity contribution in [3.05, 3.63) is 80.2 Å². The van der Waals surface area contributed by atoms with Crippen LogP contribution in [0, 0.1) is 0 Å². The molecule has 2 heterocycles. The van der Waals surface area contributed by atoms with Crippen LogP contribution in [0.3, 0.4) is 0 Å². The van der Waals surface area contributed by atoms with Gasteiger partial charge in [0.2, 0.25) is 0 Å². The Labute approximate surface area is 147 Å². The predicted molar refractivity (Wildman–Crippen MR) is 96.0 cm³/mol. The quantitative estimate of drug-likeness (QED) is 0.777. The maximum absolute atomic E-state index is 12.2. The molecule has 0 saturated heterocycles. The smallest absolute Gasteiger partial charge is 0.257 e. The van der Waals surface area contributed by atoms with E-state index in [9.17, 15) is 9.59 Å². The number of nitrogens with zero attached hydrogens (tertiary/aromatic N) is 2. The largest absolute Gasteiger partial charge is 0.319 e. The highest BCUT2D eigenvalue weighted by molar-refractivity contribution is 7.15. The van der Waals surface area contributed by atoms with Crippen LogP contribution in [0.1, 0.15) is 20.8 Å². The number of aromatic nitrogens is 2. The lowest BCUT2D eigenvalue weighted by Crippen LogP contribution is -2.19. The number of thiazole rings is 1. The molecule has 3 aromatic rings. The van der Waals surface area contributed by atoms with E-state index in [1.165, 1.54) is 22.0 Å². The summed E-state index contributed by atoms with van der Waals surface area (Å²) in [6, 6.07) is 10.5. The van der Waals surface area contributed by atoms with Crippen molar-refractivity contribution < 1.29 is 4.79 Å². The van der Waals surface area contributed by atoms with Gasteiger partial charge in [0.05, 0.1) is 0 Å². The molecule has 0 fully saturated rings. The first-order chi connectivity index (χ1) is 11.5. The van der Waals surface area contributed by atoms with Crippen LogP contribution < -0.4 is 10.9 Å². The second-order valence-corrected chi connectivity index (χ2v) is 6.74. The molecule has 0 aliphatic carbocycles. The van der Waals surface area contributed by atoms with E-state index in [4.69, 9.17) is 11.6 Å². The molecule has 1 N–H and O–H groups in total. The van der Waals surface area contributed by atoms with Crippen molar-refractivity contribution in [3.63, 3.8) is 0 Å². The van der Waals surface area contributed by atoms with E-state index in [0.717, 1.165) is 10.4 Å². The fraction of sp³-hybridized carbons (Fsp3) is 0.118. The van der Waals surface area contributed by atoms with Gasteiger partial charge in [0, 0.05) is 47.4 Å². The van der Waals surface area contributed by atoms with Crippen LogP contribution in [0.25, 0.3) is 0 Å². The molecule has 0 atom stereocenters. The third-order valence-electron chi connectivity index (χ3n) is 3.46. The Morgan fingerprint density at radius 1 is 1.33 bits per heavy atom. The van der Waals surface area contributed by atoms with Crippen LogP contribution in [0.15, 0.2) is 53.6 Å². The summed E-state index contributed by atoms with van der Waals surface area (Å²) in [5, 5.41) is 3.91. The van der Waals surface area contributed by atoms with Crippen molar-refractivity contribution in [2.75, 3.05) is 5.32 Å². The molecular formula is C17H14ClN3O2S. The van der Waals surface area contributed by atoms with E-state index < -0.39 is 0 Å². The number of hydrogen-bond acceptors (Lipinski definition) is 4. The van der Waals surface area contributed by atoms with Crippen molar-refractivity contribution >= 4 is 34.0 Å². The lowest BCUT2D eigenvalue weighted by atomic mass is 10.1. The first-order valence-corrected chi connectivity index (χ1v) is 8.38. The summed E-state index contributed by atoms with van der Waals surface area (Å²) in [5.41, 5.74) is 1.08. The lowest BCUT2D eigenvalue weighted by molar-refractivity contribution is 0.102. The van der Waals surface area contributed by atoms with Gasteiger partial charge in [-0.1, -0.05) is 29.8 Å². The molecule has 0 unspecified atom stereocenters. The molecule has 122 valence electrons. The van der Waals surface area contributed by atoms with Gasteiger partial charge < -0.3 is 4.57 Å². The summed E-state index contributed by atoms with van der Waals surface area (Å²) >= 11 is 7.54. The zero-order valence-electron chi connectivity index (χ0n) is 12.8. The average Bonchev–Trinajstić information content (AvgIpc) is 2.99. The van der Waals surface area contributed by atoms with E-state index in [0.29, 0.717) is 22.1 Å². The number of amides is 1. The van der Waals surface area contributed by atoms with Gasteiger partial charge in [-0.2, -0.15) is 0 Å². The van der Waals surface area contributed by atoms with Gasteiger partial charge >= 0.3 is 0 Å². The van der Waals surface area contributed by atoms with Gasteiger partial charge in [-0.3, -0.25) is 14.9 Å². The van der Waals surface area contributed by atoms with Crippen LogP contribution >= 0.6 is 22.9 Å². The van der Waals surface area contributed by atoms with Gasteiger partial charge in [-0.05, 0) is 17.7 Å². The topological polar surface area (TPSA) is 64.0 Å². The minimum Gasteiger partial charge on any atom is -0.319 e.